The van der Waals surface area contributed by atoms with Crippen LogP contribution >= 0.6 is 0 Å². The summed E-state index contributed by atoms with van der Waals surface area (Å²) in [6, 6.07) is 13.6. The van der Waals surface area contributed by atoms with Crippen LogP contribution in [0.1, 0.15) is 27.2 Å². The maximum absolute atomic E-state index is 12.8. The molecular formula is C19H16F3N3O. The van der Waals surface area contributed by atoms with Crippen molar-refractivity contribution in [2.45, 2.75) is 20.0 Å². The van der Waals surface area contributed by atoms with Crippen molar-refractivity contribution in [3.8, 4) is 5.69 Å². The molecule has 2 aromatic carbocycles. The number of amides is 1. The molecule has 1 heterocycles. The van der Waals surface area contributed by atoms with Crippen LogP contribution in [0.3, 0.4) is 0 Å². The number of aryl methyl sites for hydroxylation is 2. The molecule has 0 saturated carbocycles. The second kappa shape index (κ2) is 6.67. The molecule has 0 bridgehead atoms. The summed E-state index contributed by atoms with van der Waals surface area (Å²) in [7, 11) is 0. The average Bonchev–Trinajstić information content (AvgIpc) is 2.94. The van der Waals surface area contributed by atoms with Crippen LogP contribution < -0.4 is 5.32 Å². The molecule has 134 valence electrons. The number of nitrogens with zero attached hydrogens (tertiary/aromatic N) is 2. The smallest absolute Gasteiger partial charge is 0.305 e. The third kappa shape index (κ3) is 3.77. The van der Waals surface area contributed by atoms with E-state index in [0.717, 1.165) is 29.1 Å². The third-order valence-electron chi connectivity index (χ3n) is 3.83. The van der Waals surface area contributed by atoms with Crippen molar-refractivity contribution in [1.29, 1.82) is 0 Å². The molecule has 0 spiro atoms. The first-order chi connectivity index (χ1) is 12.2. The Hall–Kier alpha value is -3.09. The molecule has 0 aliphatic carbocycles. The topological polar surface area (TPSA) is 46.9 Å². The molecule has 0 aliphatic heterocycles. The normalized spacial score (nSPS) is 11.4. The zero-order valence-corrected chi connectivity index (χ0v) is 14.1. The lowest BCUT2D eigenvalue weighted by Gasteiger charge is -2.08. The molecule has 0 radical (unpaired) electrons. The van der Waals surface area contributed by atoms with Gasteiger partial charge in [0.1, 0.15) is 0 Å². The van der Waals surface area contributed by atoms with E-state index in [9.17, 15) is 18.0 Å². The lowest BCUT2D eigenvalue weighted by atomic mass is 10.1. The van der Waals surface area contributed by atoms with Crippen molar-refractivity contribution < 1.29 is 18.0 Å². The van der Waals surface area contributed by atoms with E-state index in [2.05, 4.69) is 10.4 Å². The maximum Gasteiger partial charge on any atom is 0.416 e. The number of carbonyl (C=O) groups excluding carboxylic acids is 1. The first-order valence-electron chi connectivity index (χ1n) is 7.86. The van der Waals surface area contributed by atoms with E-state index in [1.165, 1.54) is 12.1 Å². The van der Waals surface area contributed by atoms with Gasteiger partial charge < -0.3 is 5.32 Å². The second-order valence-electron chi connectivity index (χ2n) is 5.95. The van der Waals surface area contributed by atoms with E-state index < -0.39 is 17.6 Å². The Morgan fingerprint density at radius 3 is 2.46 bits per heavy atom. The van der Waals surface area contributed by atoms with Gasteiger partial charge in [0, 0.05) is 17.3 Å². The fourth-order valence-corrected chi connectivity index (χ4v) is 2.58. The SMILES string of the molecule is Cc1cccc(-n2nc(NC(=O)c3cccc(C(F)(F)F)c3)cc2C)c1. The molecule has 0 aliphatic rings. The second-order valence-corrected chi connectivity index (χ2v) is 5.95. The molecule has 7 heteroatoms. The predicted octanol–water partition coefficient (Wildman–Crippen LogP) is 4.76. The minimum atomic E-state index is -4.50. The minimum Gasteiger partial charge on any atom is -0.305 e. The quantitative estimate of drug-likeness (QED) is 0.733. The van der Waals surface area contributed by atoms with Gasteiger partial charge in [-0.3, -0.25) is 4.79 Å². The highest BCUT2D eigenvalue weighted by Gasteiger charge is 2.30. The number of alkyl halides is 3. The molecule has 26 heavy (non-hydrogen) atoms. The van der Waals surface area contributed by atoms with Crippen molar-refractivity contribution in [3.05, 3.63) is 77.0 Å². The number of carbonyl (C=O) groups is 1. The number of anilines is 1. The predicted molar refractivity (Wildman–Crippen MR) is 92.4 cm³/mol. The summed E-state index contributed by atoms with van der Waals surface area (Å²) < 4.78 is 40.0. The Labute approximate surface area is 148 Å². The van der Waals surface area contributed by atoms with Gasteiger partial charge in [0.2, 0.25) is 0 Å². The average molecular weight is 359 g/mol. The number of halogens is 3. The third-order valence-corrected chi connectivity index (χ3v) is 3.83. The van der Waals surface area contributed by atoms with E-state index in [0.29, 0.717) is 0 Å². The Morgan fingerprint density at radius 1 is 1.04 bits per heavy atom. The molecule has 3 aromatic rings. The van der Waals surface area contributed by atoms with Gasteiger partial charge in [0.05, 0.1) is 11.3 Å². The number of aromatic nitrogens is 2. The summed E-state index contributed by atoms with van der Waals surface area (Å²) in [5.41, 5.74) is 1.73. The summed E-state index contributed by atoms with van der Waals surface area (Å²) in [5, 5.41) is 6.86. The molecule has 0 saturated heterocycles. The van der Waals surface area contributed by atoms with Gasteiger partial charge in [-0.05, 0) is 49.7 Å². The molecular weight excluding hydrogens is 343 g/mol. The van der Waals surface area contributed by atoms with Crippen LogP contribution in [0.25, 0.3) is 5.69 Å². The molecule has 1 N–H and O–H groups in total. The molecule has 1 aromatic heterocycles. The molecule has 1 amide bonds. The highest BCUT2D eigenvalue weighted by Crippen LogP contribution is 2.29. The molecule has 0 atom stereocenters. The minimum absolute atomic E-state index is 0.0809. The fraction of sp³-hybridized carbons (Fsp3) is 0.158. The summed E-state index contributed by atoms with van der Waals surface area (Å²) in [5.74, 6) is -0.378. The van der Waals surface area contributed by atoms with E-state index in [-0.39, 0.29) is 11.4 Å². The molecule has 3 rings (SSSR count). The number of rotatable bonds is 3. The van der Waals surface area contributed by atoms with Crippen LogP contribution in [-0.2, 0) is 6.18 Å². The first-order valence-corrected chi connectivity index (χ1v) is 7.86. The van der Waals surface area contributed by atoms with Crippen molar-refractivity contribution in [2.75, 3.05) is 5.32 Å². The van der Waals surface area contributed by atoms with Crippen LogP contribution in [0.15, 0.2) is 54.6 Å². The van der Waals surface area contributed by atoms with Gasteiger partial charge in [-0.15, -0.1) is 5.10 Å². The molecule has 0 unspecified atom stereocenters. The molecule has 0 fully saturated rings. The lowest BCUT2D eigenvalue weighted by molar-refractivity contribution is -0.137. The van der Waals surface area contributed by atoms with E-state index >= 15 is 0 Å². The van der Waals surface area contributed by atoms with Crippen molar-refractivity contribution >= 4 is 11.7 Å². The Kier molecular flexibility index (Phi) is 4.54. The van der Waals surface area contributed by atoms with Crippen LogP contribution in [0.5, 0.6) is 0 Å². The maximum atomic E-state index is 12.8. The van der Waals surface area contributed by atoms with Crippen LogP contribution in [0, 0.1) is 13.8 Å². The van der Waals surface area contributed by atoms with Gasteiger partial charge in [-0.2, -0.15) is 13.2 Å². The van der Waals surface area contributed by atoms with Gasteiger partial charge in [-0.1, -0.05) is 18.2 Å². The number of hydrogen-bond donors (Lipinski definition) is 1. The Bertz CT molecular complexity index is 961. The highest BCUT2D eigenvalue weighted by molar-refractivity contribution is 6.03. The van der Waals surface area contributed by atoms with Crippen molar-refractivity contribution in [1.82, 2.24) is 9.78 Å². The van der Waals surface area contributed by atoms with Crippen LogP contribution in [0.2, 0.25) is 0 Å². The zero-order valence-electron chi connectivity index (χ0n) is 14.1. The van der Waals surface area contributed by atoms with Crippen molar-refractivity contribution in [2.24, 2.45) is 0 Å². The molecule has 4 nitrogen and oxygen atoms in total. The summed E-state index contributed by atoms with van der Waals surface area (Å²) in [6.45, 7) is 3.79. The summed E-state index contributed by atoms with van der Waals surface area (Å²) >= 11 is 0. The zero-order chi connectivity index (χ0) is 18.9. The van der Waals surface area contributed by atoms with E-state index in [1.54, 1.807) is 10.7 Å². The summed E-state index contributed by atoms with van der Waals surface area (Å²) in [4.78, 5) is 12.3. The standard InChI is InChI=1S/C19H16F3N3O/c1-12-5-3-8-16(9-12)25-13(2)10-17(24-25)23-18(26)14-6-4-7-15(11-14)19(20,21)22/h3-11H,1-2H3,(H,23,24,26). The van der Waals surface area contributed by atoms with Gasteiger partial charge in [0.25, 0.3) is 5.91 Å². The Balaban J connectivity index is 1.84. The van der Waals surface area contributed by atoms with E-state index in [4.69, 9.17) is 0 Å². The Morgan fingerprint density at radius 2 is 1.77 bits per heavy atom. The van der Waals surface area contributed by atoms with Gasteiger partial charge in [-0.25, -0.2) is 4.68 Å². The largest absolute Gasteiger partial charge is 0.416 e. The fourth-order valence-electron chi connectivity index (χ4n) is 2.58. The van der Waals surface area contributed by atoms with Gasteiger partial charge >= 0.3 is 6.18 Å². The number of hydrogen-bond acceptors (Lipinski definition) is 2. The first kappa shape index (κ1) is 17.7. The van der Waals surface area contributed by atoms with Crippen LogP contribution in [-0.4, -0.2) is 15.7 Å². The lowest BCUT2D eigenvalue weighted by Crippen LogP contribution is -2.14. The number of nitrogens with one attached hydrogen (secondary N) is 1. The van der Waals surface area contributed by atoms with E-state index in [1.807, 2.05) is 38.1 Å². The summed E-state index contributed by atoms with van der Waals surface area (Å²) in [6.07, 6.45) is -4.50. The number of benzene rings is 2. The van der Waals surface area contributed by atoms with Crippen LogP contribution in [0.4, 0.5) is 19.0 Å². The highest BCUT2D eigenvalue weighted by atomic mass is 19.4. The van der Waals surface area contributed by atoms with Crippen molar-refractivity contribution in [3.63, 3.8) is 0 Å². The monoisotopic (exact) mass is 359 g/mol. The van der Waals surface area contributed by atoms with Gasteiger partial charge in [0.15, 0.2) is 5.82 Å².